The van der Waals surface area contributed by atoms with Gasteiger partial charge in [-0.3, -0.25) is 0 Å². The number of carbonyl (C=O) groups is 1. The number of nitrogens with one attached hydrogen (secondary N) is 2. The Labute approximate surface area is 204 Å². The lowest BCUT2D eigenvalue weighted by Gasteiger charge is -2.11. The third kappa shape index (κ3) is 6.24. The third-order valence-corrected chi connectivity index (χ3v) is 5.32. The lowest BCUT2D eigenvalue weighted by Crippen LogP contribution is -2.19. The highest BCUT2D eigenvalue weighted by molar-refractivity contribution is 6.00. The molecule has 0 aliphatic heterocycles. The molecule has 0 fully saturated rings. The second kappa shape index (κ2) is 11.3. The van der Waals surface area contributed by atoms with Crippen LogP contribution < -0.4 is 15.4 Å². The van der Waals surface area contributed by atoms with E-state index in [0.717, 1.165) is 28.1 Å². The molecule has 0 spiro atoms. The number of rotatable bonds is 9. The van der Waals surface area contributed by atoms with Crippen molar-refractivity contribution in [3.63, 3.8) is 0 Å². The van der Waals surface area contributed by atoms with E-state index in [2.05, 4.69) is 20.7 Å². The van der Waals surface area contributed by atoms with Gasteiger partial charge in [0.2, 0.25) is 0 Å². The van der Waals surface area contributed by atoms with Crippen molar-refractivity contribution in [2.75, 3.05) is 30.5 Å². The molecule has 0 aliphatic rings. The largest absolute Gasteiger partial charge is 0.460 e. The molecule has 0 bridgehead atoms. The van der Waals surface area contributed by atoms with Crippen LogP contribution in [0.1, 0.15) is 18.1 Å². The first-order chi connectivity index (χ1) is 17.0. The van der Waals surface area contributed by atoms with Crippen LogP contribution >= 0.6 is 0 Å². The molecule has 0 saturated heterocycles. The van der Waals surface area contributed by atoms with E-state index in [1.165, 1.54) is 0 Å². The van der Waals surface area contributed by atoms with Gasteiger partial charge in [-0.15, -0.1) is 5.10 Å². The molecule has 2 N–H and O–H groups in total. The predicted octanol–water partition coefficient (Wildman–Crippen LogP) is 5.61. The maximum atomic E-state index is 12.4. The number of carbonyl (C=O) groups excluding carboxylic acids is 1. The third-order valence-electron chi connectivity index (χ3n) is 5.32. The van der Waals surface area contributed by atoms with E-state index in [0.29, 0.717) is 31.3 Å². The summed E-state index contributed by atoms with van der Waals surface area (Å²) in [5.74, 6) is 0.661. The van der Waals surface area contributed by atoms with Crippen molar-refractivity contribution in [1.82, 2.24) is 14.8 Å². The van der Waals surface area contributed by atoms with Gasteiger partial charge < -0.3 is 20.1 Å². The van der Waals surface area contributed by atoms with Gasteiger partial charge in [0.25, 0.3) is 0 Å². The maximum Gasteiger partial charge on any atom is 0.336 e. The van der Waals surface area contributed by atoms with Gasteiger partial charge in [0, 0.05) is 23.5 Å². The lowest BCUT2D eigenvalue weighted by molar-refractivity contribution is 0.106. The van der Waals surface area contributed by atoms with Crippen LogP contribution in [0.25, 0.3) is 17.1 Å². The summed E-state index contributed by atoms with van der Waals surface area (Å²) in [5.41, 5.74) is 5.29. The highest BCUT2D eigenvalue weighted by Gasteiger charge is 2.15. The Bertz CT molecular complexity index is 1270. The van der Waals surface area contributed by atoms with Gasteiger partial charge in [0.05, 0.1) is 12.3 Å². The summed E-state index contributed by atoms with van der Waals surface area (Å²) >= 11 is 0. The summed E-state index contributed by atoms with van der Waals surface area (Å²) in [5, 5.41) is 10.3. The minimum Gasteiger partial charge on any atom is -0.460 e. The molecule has 8 heteroatoms. The molecular formula is C27H29N5O3. The van der Waals surface area contributed by atoms with Crippen LogP contribution in [0.15, 0.2) is 72.8 Å². The van der Waals surface area contributed by atoms with Crippen LogP contribution in [0.3, 0.4) is 0 Å². The molecule has 3 aromatic carbocycles. The summed E-state index contributed by atoms with van der Waals surface area (Å²) in [7, 11) is 0. The van der Waals surface area contributed by atoms with E-state index in [-0.39, 0.29) is 12.0 Å². The Kier molecular flexibility index (Phi) is 7.74. The molecule has 4 rings (SSSR count). The number of aryl methyl sites for hydroxylation is 2. The lowest BCUT2D eigenvalue weighted by atomic mass is 10.1. The molecule has 8 nitrogen and oxygen atoms in total. The molecule has 0 unspecified atom stereocenters. The summed E-state index contributed by atoms with van der Waals surface area (Å²) in [4.78, 5) is 17.0. The zero-order valence-corrected chi connectivity index (χ0v) is 20.1. The van der Waals surface area contributed by atoms with Gasteiger partial charge in [-0.2, -0.15) is 4.98 Å². The van der Waals surface area contributed by atoms with Crippen LogP contribution in [-0.2, 0) is 4.74 Å². The molecule has 180 valence electrons. The summed E-state index contributed by atoms with van der Waals surface area (Å²) in [6.45, 7) is 7.39. The number of amides is 2. The smallest absolute Gasteiger partial charge is 0.336 e. The quantitative estimate of drug-likeness (QED) is 0.310. The molecule has 0 atom stereocenters. The Morgan fingerprint density at radius 3 is 2.37 bits per heavy atom. The van der Waals surface area contributed by atoms with E-state index >= 15 is 0 Å². The average Bonchev–Trinajstić information content (AvgIpc) is 3.28. The van der Waals surface area contributed by atoms with Crippen molar-refractivity contribution in [1.29, 1.82) is 0 Å². The van der Waals surface area contributed by atoms with Gasteiger partial charge in [-0.05, 0) is 56.7 Å². The number of anilines is 2. The second-order valence-electron chi connectivity index (χ2n) is 7.98. The predicted molar refractivity (Wildman–Crippen MR) is 137 cm³/mol. The number of aromatic nitrogens is 3. The van der Waals surface area contributed by atoms with Crippen molar-refractivity contribution in [3.05, 3.63) is 83.9 Å². The van der Waals surface area contributed by atoms with Gasteiger partial charge >= 0.3 is 12.0 Å². The average molecular weight is 472 g/mol. The molecule has 1 heterocycles. The topological polar surface area (TPSA) is 90.3 Å². The SMILES string of the molecule is CCOCCOc1nc(-c2ccc(C)cc2)n(-c2ccc(NC(=O)Nc3ccccc3C)cc2)n1. The standard InChI is InChI=1S/C27H29N5O3/c1-4-34-17-18-35-27-30-25(21-11-9-19(2)10-12-21)32(31-27)23-15-13-22(14-16-23)28-26(33)29-24-8-6-5-7-20(24)3/h5-16H,4,17-18H2,1-3H3,(H2,28,29,33). The number of nitrogens with zero attached hydrogens (tertiary/aromatic N) is 3. The second-order valence-corrected chi connectivity index (χ2v) is 7.98. The minimum absolute atomic E-state index is 0.278. The van der Waals surface area contributed by atoms with Gasteiger partial charge in [-0.25, -0.2) is 9.48 Å². The first-order valence-electron chi connectivity index (χ1n) is 11.5. The van der Waals surface area contributed by atoms with Gasteiger partial charge in [0.1, 0.15) is 6.61 Å². The molecule has 0 aliphatic carbocycles. The van der Waals surface area contributed by atoms with Gasteiger partial charge in [-0.1, -0.05) is 48.0 Å². The van der Waals surface area contributed by atoms with Crippen molar-refractivity contribution >= 4 is 17.4 Å². The van der Waals surface area contributed by atoms with Crippen LogP contribution in [0.2, 0.25) is 0 Å². The van der Waals surface area contributed by atoms with E-state index in [1.54, 1.807) is 4.68 Å². The highest BCUT2D eigenvalue weighted by Crippen LogP contribution is 2.25. The van der Waals surface area contributed by atoms with Gasteiger partial charge in [0.15, 0.2) is 5.82 Å². The van der Waals surface area contributed by atoms with Crippen molar-refractivity contribution < 1.29 is 14.3 Å². The molecular weight excluding hydrogens is 442 g/mol. The number of hydrogen-bond acceptors (Lipinski definition) is 5. The number of para-hydroxylation sites is 1. The summed E-state index contributed by atoms with van der Waals surface area (Å²) in [6.07, 6.45) is 0. The molecule has 0 radical (unpaired) electrons. The fourth-order valence-electron chi connectivity index (χ4n) is 3.44. The zero-order valence-electron chi connectivity index (χ0n) is 20.1. The molecule has 4 aromatic rings. The molecule has 35 heavy (non-hydrogen) atoms. The monoisotopic (exact) mass is 471 g/mol. The number of hydrogen-bond donors (Lipinski definition) is 2. The Morgan fingerprint density at radius 1 is 0.914 bits per heavy atom. The number of urea groups is 1. The number of ether oxygens (including phenoxy) is 2. The van der Waals surface area contributed by atoms with Crippen LogP contribution in [0.5, 0.6) is 6.01 Å². The summed E-state index contributed by atoms with van der Waals surface area (Å²) < 4.78 is 12.8. The Morgan fingerprint density at radius 2 is 1.66 bits per heavy atom. The van der Waals surface area contributed by atoms with E-state index in [4.69, 9.17) is 9.47 Å². The first-order valence-corrected chi connectivity index (χ1v) is 11.5. The fourth-order valence-corrected chi connectivity index (χ4v) is 3.44. The Hall–Kier alpha value is -4.17. The highest BCUT2D eigenvalue weighted by atomic mass is 16.5. The molecule has 1 aromatic heterocycles. The van der Waals surface area contributed by atoms with E-state index in [9.17, 15) is 4.79 Å². The van der Waals surface area contributed by atoms with Crippen LogP contribution in [-0.4, -0.2) is 40.6 Å². The fraction of sp³-hybridized carbons (Fsp3) is 0.222. The molecule has 0 saturated carbocycles. The maximum absolute atomic E-state index is 12.4. The first kappa shape index (κ1) is 24.0. The Balaban J connectivity index is 1.52. The van der Waals surface area contributed by atoms with E-state index in [1.807, 2.05) is 93.6 Å². The van der Waals surface area contributed by atoms with Crippen molar-refractivity contribution in [3.8, 4) is 23.1 Å². The number of benzene rings is 3. The normalized spacial score (nSPS) is 10.7. The molecule has 2 amide bonds. The van der Waals surface area contributed by atoms with E-state index < -0.39 is 0 Å². The zero-order chi connectivity index (χ0) is 24.6. The minimum atomic E-state index is -0.307. The van der Waals surface area contributed by atoms with Crippen LogP contribution in [0.4, 0.5) is 16.2 Å². The van der Waals surface area contributed by atoms with Crippen LogP contribution in [0, 0.1) is 13.8 Å². The summed E-state index contributed by atoms with van der Waals surface area (Å²) in [6, 6.07) is 23.1. The van der Waals surface area contributed by atoms with Crippen molar-refractivity contribution in [2.24, 2.45) is 0 Å². The van der Waals surface area contributed by atoms with Crippen molar-refractivity contribution in [2.45, 2.75) is 20.8 Å².